The first-order valence-electron chi connectivity index (χ1n) is 11.2. The predicted molar refractivity (Wildman–Crippen MR) is 134 cm³/mol. The van der Waals surface area contributed by atoms with Crippen molar-refractivity contribution in [2.45, 2.75) is 13.0 Å². The summed E-state index contributed by atoms with van der Waals surface area (Å²) in [5, 5.41) is 21.1. The molecule has 1 saturated heterocycles. The number of carbonyl (C=O) groups excluding carboxylic acids is 1. The number of hydrogen-bond donors (Lipinski definition) is 4. The summed E-state index contributed by atoms with van der Waals surface area (Å²) >= 11 is 6.05. The summed E-state index contributed by atoms with van der Waals surface area (Å²) in [6, 6.07) is 11.3. The largest absolute Gasteiger partial charge is 0.387 e. The Hall–Kier alpha value is -3.33. The van der Waals surface area contributed by atoms with Gasteiger partial charge in [-0.3, -0.25) is 4.79 Å². The van der Waals surface area contributed by atoms with Crippen LogP contribution in [0.2, 0.25) is 5.02 Å². The number of aliphatic imine (C=N–C) groups is 1. The van der Waals surface area contributed by atoms with Gasteiger partial charge in [0, 0.05) is 36.6 Å². The molecule has 0 spiro atoms. The minimum atomic E-state index is -0.792. The molecule has 2 aromatic carbocycles. The van der Waals surface area contributed by atoms with Crippen molar-refractivity contribution >= 4 is 40.8 Å². The Balaban J connectivity index is 1.37. The maximum absolute atomic E-state index is 12.8. The lowest BCUT2D eigenvalue weighted by molar-refractivity contribution is -0.114. The summed E-state index contributed by atoms with van der Waals surface area (Å²) in [5.41, 5.74) is 5.70. The van der Waals surface area contributed by atoms with Crippen molar-refractivity contribution in [2.75, 3.05) is 48.4 Å². The summed E-state index contributed by atoms with van der Waals surface area (Å²) in [5.74, 6) is 0.200. The second kappa shape index (κ2) is 9.50. The van der Waals surface area contributed by atoms with Gasteiger partial charge in [-0.1, -0.05) is 23.7 Å². The molecule has 2 aromatic rings. The van der Waals surface area contributed by atoms with Gasteiger partial charge in [-0.2, -0.15) is 0 Å². The van der Waals surface area contributed by atoms with E-state index in [1.54, 1.807) is 24.3 Å². The van der Waals surface area contributed by atoms with E-state index in [4.69, 9.17) is 16.3 Å². The van der Waals surface area contributed by atoms with Gasteiger partial charge in [0.25, 0.3) is 5.91 Å². The molecule has 3 aliphatic rings. The molecular weight excluding hydrogens is 454 g/mol. The van der Waals surface area contributed by atoms with Crippen LogP contribution in [0.1, 0.15) is 17.2 Å². The Morgan fingerprint density at radius 3 is 2.85 bits per heavy atom. The summed E-state index contributed by atoms with van der Waals surface area (Å²) in [6.45, 7) is 5.37. The molecule has 8 nitrogen and oxygen atoms in total. The Morgan fingerprint density at radius 2 is 2.06 bits per heavy atom. The van der Waals surface area contributed by atoms with Crippen LogP contribution in [0, 0.1) is 6.92 Å². The molecule has 0 aliphatic carbocycles. The second-order valence-electron chi connectivity index (χ2n) is 8.40. The maximum Gasteiger partial charge on any atom is 0.282 e. The number of aliphatic hydroxyl groups is 1. The fourth-order valence-corrected chi connectivity index (χ4v) is 4.52. The quantitative estimate of drug-likeness (QED) is 0.488. The molecule has 9 heteroatoms. The Labute approximate surface area is 203 Å². The van der Waals surface area contributed by atoms with Gasteiger partial charge < -0.3 is 30.7 Å². The standard InChI is InChI=1S/C25H26ClN5O3/c1-15-11-18(31-7-9-34-10-8-31)13-20-23(15)30-24(29-20)22-19(5-6-27-25(22)33)28-14-21(32)16-3-2-4-17(26)12-16/h2-6,11-13,21,28-30,32H,7-10,14H2,1H3/b24-22-/t21-/m1/s1. The molecule has 176 valence electrons. The molecule has 0 aromatic heterocycles. The third kappa shape index (κ3) is 4.52. The van der Waals surface area contributed by atoms with Crippen molar-refractivity contribution in [1.29, 1.82) is 0 Å². The van der Waals surface area contributed by atoms with Crippen LogP contribution in [0.4, 0.5) is 17.1 Å². The van der Waals surface area contributed by atoms with Crippen molar-refractivity contribution in [1.82, 2.24) is 5.32 Å². The minimum absolute atomic E-state index is 0.206. The molecule has 1 atom stereocenters. The summed E-state index contributed by atoms with van der Waals surface area (Å²) in [7, 11) is 0. The van der Waals surface area contributed by atoms with Crippen LogP contribution in [0.3, 0.4) is 0 Å². The highest BCUT2D eigenvalue weighted by atomic mass is 35.5. The number of morpholine rings is 1. The molecule has 0 saturated carbocycles. The van der Waals surface area contributed by atoms with Gasteiger partial charge in [-0.05, 0) is 48.4 Å². The molecule has 0 bridgehead atoms. The number of aryl methyl sites for hydroxylation is 1. The molecule has 4 N–H and O–H groups in total. The fraction of sp³-hybridized carbons (Fsp3) is 0.280. The number of benzene rings is 2. The maximum atomic E-state index is 12.8. The van der Waals surface area contributed by atoms with Gasteiger partial charge in [0.1, 0.15) is 11.4 Å². The van der Waals surface area contributed by atoms with Crippen LogP contribution >= 0.6 is 11.6 Å². The number of nitrogens with zero attached hydrogens (tertiary/aromatic N) is 2. The predicted octanol–water partition coefficient (Wildman–Crippen LogP) is 3.35. The van der Waals surface area contributed by atoms with E-state index in [9.17, 15) is 9.90 Å². The number of nitrogens with one attached hydrogen (secondary N) is 3. The zero-order chi connectivity index (χ0) is 23.7. The summed E-state index contributed by atoms with van der Waals surface area (Å²) in [6.07, 6.45) is 2.40. The average molecular weight is 480 g/mol. The third-order valence-corrected chi connectivity index (χ3v) is 6.33. The number of dihydropyridines is 1. The number of halogens is 1. The summed E-state index contributed by atoms with van der Waals surface area (Å²) < 4.78 is 5.47. The van der Waals surface area contributed by atoms with Crippen LogP contribution < -0.4 is 20.9 Å². The van der Waals surface area contributed by atoms with Gasteiger partial charge in [0.15, 0.2) is 0 Å². The topological polar surface area (TPSA) is 98.2 Å². The van der Waals surface area contributed by atoms with Crippen molar-refractivity contribution < 1.29 is 14.6 Å². The van der Waals surface area contributed by atoms with Crippen molar-refractivity contribution in [3.8, 4) is 0 Å². The number of hydrogen-bond acceptors (Lipinski definition) is 7. The zero-order valence-electron chi connectivity index (χ0n) is 18.8. The van der Waals surface area contributed by atoms with Gasteiger partial charge in [0.05, 0.1) is 36.4 Å². The molecule has 0 radical (unpaired) electrons. The zero-order valence-corrected chi connectivity index (χ0v) is 19.5. The Kier molecular flexibility index (Phi) is 6.28. The molecule has 3 aliphatic heterocycles. The van der Waals surface area contributed by atoms with E-state index >= 15 is 0 Å². The van der Waals surface area contributed by atoms with E-state index in [0.717, 1.165) is 35.7 Å². The van der Waals surface area contributed by atoms with E-state index in [1.165, 1.54) is 6.21 Å². The summed E-state index contributed by atoms with van der Waals surface area (Å²) in [4.78, 5) is 19.0. The smallest absolute Gasteiger partial charge is 0.282 e. The number of rotatable bonds is 5. The lowest BCUT2D eigenvalue weighted by atomic mass is 10.1. The Morgan fingerprint density at radius 1 is 1.24 bits per heavy atom. The van der Waals surface area contributed by atoms with Crippen LogP contribution in [0.5, 0.6) is 0 Å². The molecular formula is C25H26ClN5O3. The number of aliphatic hydroxyl groups excluding tert-OH is 1. The number of amides is 1. The lowest BCUT2D eigenvalue weighted by Gasteiger charge is -2.29. The van der Waals surface area contributed by atoms with Gasteiger partial charge >= 0.3 is 0 Å². The first-order valence-corrected chi connectivity index (χ1v) is 11.6. The van der Waals surface area contributed by atoms with Crippen molar-refractivity contribution in [3.63, 3.8) is 0 Å². The fourth-order valence-electron chi connectivity index (χ4n) is 4.32. The highest BCUT2D eigenvalue weighted by molar-refractivity contribution is 6.30. The van der Waals surface area contributed by atoms with Crippen molar-refractivity contribution in [2.24, 2.45) is 4.99 Å². The van der Waals surface area contributed by atoms with E-state index in [2.05, 4.69) is 38.0 Å². The Bertz CT molecular complexity index is 1220. The molecule has 1 fully saturated rings. The number of carbonyl (C=O) groups is 1. The SMILES string of the molecule is Cc1cc(N2CCOCC2)cc2c1N/C(=C1\C(=O)N=CC=C1NC[C@@H](O)c1cccc(Cl)c1)N2. The van der Waals surface area contributed by atoms with Crippen LogP contribution in [0.25, 0.3) is 0 Å². The van der Waals surface area contributed by atoms with Gasteiger partial charge in [0.2, 0.25) is 0 Å². The highest BCUT2D eigenvalue weighted by Gasteiger charge is 2.28. The molecule has 3 heterocycles. The molecule has 1 amide bonds. The van der Waals surface area contributed by atoms with Crippen LogP contribution in [0.15, 0.2) is 64.6 Å². The molecule has 0 unspecified atom stereocenters. The first-order chi connectivity index (χ1) is 16.5. The minimum Gasteiger partial charge on any atom is -0.387 e. The van der Waals surface area contributed by atoms with Crippen LogP contribution in [-0.4, -0.2) is 50.1 Å². The van der Waals surface area contributed by atoms with E-state index in [1.807, 2.05) is 13.0 Å². The number of ether oxygens (including phenoxy) is 1. The monoisotopic (exact) mass is 479 g/mol. The van der Waals surface area contributed by atoms with Gasteiger partial charge in [-0.15, -0.1) is 0 Å². The van der Waals surface area contributed by atoms with E-state index in [-0.39, 0.29) is 12.5 Å². The first kappa shape index (κ1) is 22.5. The molecule has 5 rings (SSSR count). The van der Waals surface area contributed by atoms with Gasteiger partial charge in [-0.25, -0.2) is 4.99 Å². The van der Waals surface area contributed by atoms with E-state index in [0.29, 0.717) is 40.9 Å². The normalized spacial score (nSPS) is 20.4. The number of fused-ring (bicyclic) bond motifs is 1. The lowest BCUT2D eigenvalue weighted by Crippen LogP contribution is -2.36. The van der Waals surface area contributed by atoms with E-state index < -0.39 is 6.10 Å². The average Bonchev–Trinajstić information content (AvgIpc) is 3.27. The number of anilines is 3. The number of allylic oxidation sites excluding steroid dienone is 1. The second-order valence-corrected chi connectivity index (χ2v) is 8.84. The molecule has 34 heavy (non-hydrogen) atoms. The highest BCUT2D eigenvalue weighted by Crippen LogP contribution is 2.39. The van der Waals surface area contributed by atoms with Crippen LogP contribution in [-0.2, 0) is 9.53 Å². The van der Waals surface area contributed by atoms with Crippen molar-refractivity contribution in [3.05, 3.63) is 75.7 Å². The third-order valence-electron chi connectivity index (χ3n) is 6.09.